The third-order valence-electron chi connectivity index (χ3n) is 3.63. The molecule has 0 aliphatic rings. The summed E-state index contributed by atoms with van der Waals surface area (Å²) in [4.78, 5) is 8.89. The van der Waals surface area contributed by atoms with E-state index in [2.05, 4.69) is 36.1 Å². The second-order valence-corrected chi connectivity index (χ2v) is 6.74. The van der Waals surface area contributed by atoms with Gasteiger partial charge in [-0.05, 0) is 37.1 Å². The highest BCUT2D eigenvalue weighted by molar-refractivity contribution is 7.13. The minimum absolute atomic E-state index is 0.676. The van der Waals surface area contributed by atoms with Crippen LogP contribution in [0.15, 0.2) is 48.0 Å². The lowest BCUT2D eigenvalue weighted by Gasteiger charge is -2.12. The maximum atomic E-state index is 5.98. The number of hydrogen-bond donors (Lipinski definition) is 1. The summed E-state index contributed by atoms with van der Waals surface area (Å²) >= 11 is 1.55. The number of pyridine rings is 1. The Kier molecular flexibility index (Phi) is 8.09. The van der Waals surface area contributed by atoms with Crippen molar-refractivity contribution < 1.29 is 4.74 Å². The fourth-order valence-electron chi connectivity index (χ4n) is 1.98. The van der Waals surface area contributed by atoms with Gasteiger partial charge in [-0.1, -0.05) is 51.8 Å². The lowest BCUT2D eigenvalue weighted by atomic mass is 10.2. The van der Waals surface area contributed by atoms with Gasteiger partial charge >= 0.3 is 0 Å². The van der Waals surface area contributed by atoms with Crippen molar-refractivity contribution in [3.63, 3.8) is 0 Å². The van der Waals surface area contributed by atoms with Crippen LogP contribution in [0.1, 0.15) is 44.9 Å². The molecule has 2 heterocycles. The molecule has 0 aliphatic heterocycles. The molecule has 0 radical (unpaired) electrons. The molecule has 4 nitrogen and oxygen atoms in total. The molecule has 0 saturated heterocycles. The first-order valence-electron chi connectivity index (χ1n) is 9.07. The van der Waals surface area contributed by atoms with Crippen LogP contribution in [-0.4, -0.2) is 9.97 Å². The number of benzene rings is 1. The number of unbranched alkanes of at least 4 members (excludes halogenated alkanes) is 1. The number of nitrogens with one attached hydrogen (secondary N) is 1. The number of thiazole rings is 1. The van der Waals surface area contributed by atoms with Crippen LogP contribution >= 0.6 is 11.3 Å². The molecule has 0 unspecified atom stereocenters. The van der Waals surface area contributed by atoms with E-state index >= 15 is 0 Å². The van der Waals surface area contributed by atoms with E-state index in [4.69, 9.17) is 4.74 Å². The summed E-state index contributed by atoms with van der Waals surface area (Å²) in [6.07, 6.45) is 5.41. The zero-order chi connectivity index (χ0) is 18.8. The van der Waals surface area contributed by atoms with Crippen LogP contribution in [-0.2, 0) is 6.42 Å². The highest BCUT2D eigenvalue weighted by atomic mass is 32.1. The highest BCUT2D eigenvalue weighted by Crippen LogP contribution is 2.31. The average Bonchev–Trinajstić information content (AvgIpc) is 3.09. The molecule has 0 bridgehead atoms. The van der Waals surface area contributed by atoms with Crippen LogP contribution in [0.4, 0.5) is 10.9 Å². The number of ether oxygens (including phenoxy) is 1. The Balaban J connectivity index is 0.000000552. The quantitative estimate of drug-likeness (QED) is 0.522. The Morgan fingerprint density at radius 2 is 1.81 bits per heavy atom. The third kappa shape index (κ3) is 6.15. The molecule has 138 valence electrons. The van der Waals surface area contributed by atoms with Gasteiger partial charge in [0.05, 0.1) is 5.69 Å². The SMILES string of the molecule is CCCC.CCc1cnc(Nc2nc(C)cs2)c(Oc2ccccc2)c1. The molecule has 0 spiro atoms. The molecule has 0 saturated carbocycles. The molecule has 0 amide bonds. The normalized spacial score (nSPS) is 10.0. The van der Waals surface area contributed by atoms with Gasteiger partial charge in [-0.15, -0.1) is 11.3 Å². The number of nitrogens with zero attached hydrogens (tertiary/aromatic N) is 2. The van der Waals surface area contributed by atoms with Gasteiger partial charge in [-0.3, -0.25) is 0 Å². The molecule has 5 heteroatoms. The summed E-state index contributed by atoms with van der Waals surface area (Å²) in [5, 5.41) is 6.05. The van der Waals surface area contributed by atoms with Crippen molar-refractivity contribution in [3.8, 4) is 11.5 Å². The minimum Gasteiger partial charge on any atom is -0.453 e. The summed E-state index contributed by atoms with van der Waals surface area (Å²) < 4.78 is 5.98. The van der Waals surface area contributed by atoms with E-state index < -0.39 is 0 Å². The summed E-state index contributed by atoms with van der Waals surface area (Å²) in [7, 11) is 0. The number of aromatic nitrogens is 2. The van der Waals surface area contributed by atoms with Crippen molar-refractivity contribution in [1.82, 2.24) is 9.97 Å². The van der Waals surface area contributed by atoms with E-state index in [-0.39, 0.29) is 0 Å². The first-order valence-corrected chi connectivity index (χ1v) is 9.95. The molecule has 0 fully saturated rings. The minimum atomic E-state index is 0.676. The second-order valence-electron chi connectivity index (χ2n) is 5.88. The van der Waals surface area contributed by atoms with Crippen LogP contribution in [0.2, 0.25) is 0 Å². The summed E-state index contributed by atoms with van der Waals surface area (Å²) in [6, 6.07) is 11.7. The van der Waals surface area contributed by atoms with Gasteiger partial charge in [0.2, 0.25) is 0 Å². The van der Waals surface area contributed by atoms with Crippen molar-refractivity contribution in [2.45, 2.75) is 47.0 Å². The van der Waals surface area contributed by atoms with Gasteiger partial charge in [0.25, 0.3) is 0 Å². The summed E-state index contributed by atoms with van der Waals surface area (Å²) in [5.41, 5.74) is 2.12. The Morgan fingerprint density at radius 3 is 2.38 bits per heavy atom. The molecule has 2 aromatic heterocycles. The maximum Gasteiger partial charge on any atom is 0.188 e. The van der Waals surface area contributed by atoms with Gasteiger partial charge in [0.15, 0.2) is 16.7 Å². The van der Waals surface area contributed by atoms with Gasteiger partial charge in [-0.2, -0.15) is 0 Å². The van der Waals surface area contributed by atoms with Crippen LogP contribution in [0.25, 0.3) is 0 Å². The van der Waals surface area contributed by atoms with Crippen LogP contribution < -0.4 is 10.1 Å². The third-order valence-corrected chi connectivity index (χ3v) is 4.51. The van der Waals surface area contributed by atoms with E-state index in [1.165, 1.54) is 12.8 Å². The van der Waals surface area contributed by atoms with E-state index in [1.807, 2.05) is 54.9 Å². The molecule has 3 aromatic rings. The maximum absolute atomic E-state index is 5.98. The fourth-order valence-corrected chi connectivity index (χ4v) is 2.67. The number of aryl methyl sites for hydroxylation is 2. The fraction of sp³-hybridized carbons (Fsp3) is 0.333. The zero-order valence-corrected chi connectivity index (χ0v) is 16.8. The molecule has 3 rings (SSSR count). The predicted molar refractivity (Wildman–Crippen MR) is 111 cm³/mol. The van der Waals surface area contributed by atoms with Crippen molar-refractivity contribution in [2.24, 2.45) is 0 Å². The standard InChI is InChI=1S/C17H17N3OS.C4H10/c1-3-13-9-15(21-14-7-5-4-6-8-14)16(18-10-13)20-17-19-12(2)11-22-17;1-3-4-2/h4-11H,3H2,1-2H3,(H,18,19,20);3-4H2,1-2H3. The smallest absolute Gasteiger partial charge is 0.188 e. The lowest BCUT2D eigenvalue weighted by molar-refractivity contribution is 0.482. The molecule has 26 heavy (non-hydrogen) atoms. The highest BCUT2D eigenvalue weighted by Gasteiger charge is 2.10. The van der Waals surface area contributed by atoms with Crippen molar-refractivity contribution in [3.05, 3.63) is 59.2 Å². The summed E-state index contributed by atoms with van der Waals surface area (Å²) in [6.45, 7) is 8.43. The van der Waals surface area contributed by atoms with E-state index in [9.17, 15) is 0 Å². The van der Waals surface area contributed by atoms with Gasteiger partial charge < -0.3 is 10.1 Å². The van der Waals surface area contributed by atoms with E-state index in [0.29, 0.717) is 11.6 Å². The van der Waals surface area contributed by atoms with Gasteiger partial charge in [0, 0.05) is 11.6 Å². The van der Waals surface area contributed by atoms with Crippen molar-refractivity contribution in [2.75, 3.05) is 5.32 Å². The molecule has 0 aliphatic carbocycles. The predicted octanol–water partition coefficient (Wildman–Crippen LogP) is 6.75. The first kappa shape index (κ1) is 19.9. The molecule has 1 aromatic carbocycles. The Hall–Kier alpha value is -2.40. The topological polar surface area (TPSA) is 47.0 Å². The number of para-hydroxylation sites is 1. The Bertz CT molecular complexity index is 785. The Morgan fingerprint density at radius 1 is 1.08 bits per heavy atom. The largest absolute Gasteiger partial charge is 0.453 e. The number of hydrogen-bond acceptors (Lipinski definition) is 5. The molecular formula is C21H27N3OS. The van der Waals surface area contributed by atoms with Crippen molar-refractivity contribution in [1.29, 1.82) is 0 Å². The lowest BCUT2D eigenvalue weighted by Crippen LogP contribution is -1.98. The number of anilines is 2. The van der Waals surface area contributed by atoms with E-state index in [0.717, 1.165) is 28.6 Å². The first-order chi connectivity index (χ1) is 12.7. The van der Waals surface area contributed by atoms with Gasteiger partial charge in [0.1, 0.15) is 5.75 Å². The number of rotatable bonds is 6. The molecular weight excluding hydrogens is 342 g/mol. The zero-order valence-electron chi connectivity index (χ0n) is 16.0. The monoisotopic (exact) mass is 369 g/mol. The molecule has 1 N–H and O–H groups in total. The van der Waals surface area contributed by atoms with E-state index in [1.54, 1.807) is 11.3 Å². The summed E-state index contributed by atoms with van der Waals surface area (Å²) in [5.74, 6) is 2.17. The van der Waals surface area contributed by atoms with Crippen LogP contribution in [0.3, 0.4) is 0 Å². The van der Waals surface area contributed by atoms with Crippen LogP contribution in [0.5, 0.6) is 11.5 Å². The van der Waals surface area contributed by atoms with Crippen LogP contribution in [0, 0.1) is 6.92 Å². The van der Waals surface area contributed by atoms with Gasteiger partial charge in [-0.25, -0.2) is 9.97 Å². The molecule has 0 atom stereocenters. The second kappa shape index (κ2) is 10.6. The Labute approximate surface area is 160 Å². The average molecular weight is 370 g/mol. The van der Waals surface area contributed by atoms with Crippen molar-refractivity contribution >= 4 is 22.3 Å².